The molecule has 2 rings (SSSR count). The fraction of sp³-hybridized carbons (Fsp3) is 1.00. The largest absolute Gasteiger partial charge is 0.381 e. The van der Waals surface area contributed by atoms with Crippen molar-refractivity contribution in [1.29, 1.82) is 0 Å². The highest BCUT2D eigenvalue weighted by atomic mass is 16.5. The summed E-state index contributed by atoms with van der Waals surface area (Å²) in [6.45, 7) is 11.5. The normalized spacial score (nSPS) is 32.8. The molecular formula is C14H28N2O. The van der Waals surface area contributed by atoms with Crippen LogP contribution in [0, 0.1) is 11.8 Å². The van der Waals surface area contributed by atoms with Crippen LogP contribution in [0.25, 0.3) is 0 Å². The average Bonchev–Trinajstić information content (AvgIpc) is 2.34. The molecule has 0 spiro atoms. The second-order valence-corrected chi connectivity index (χ2v) is 5.75. The maximum Gasteiger partial charge on any atom is 0.0469 e. The van der Waals surface area contributed by atoms with Gasteiger partial charge in [-0.1, -0.05) is 13.8 Å². The van der Waals surface area contributed by atoms with Gasteiger partial charge in [-0.25, -0.2) is 0 Å². The highest BCUT2D eigenvalue weighted by Crippen LogP contribution is 2.21. The lowest BCUT2D eigenvalue weighted by Gasteiger charge is -2.39. The Labute approximate surface area is 106 Å². The van der Waals surface area contributed by atoms with Crippen molar-refractivity contribution in [3.8, 4) is 0 Å². The molecule has 3 heteroatoms. The molecule has 0 aromatic heterocycles. The molecule has 2 fully saturated rings. The van der Waals surface area contributed by atoms with Gasteiger partial charge in [0.2, 0.25) is 0 Å². The van der Waals surface area contributed by atoms with E-state index in [0.29, 0.717) is 0 Å². The molecule has 3 nitrogen and oxygen atoms in total. The summed E-state index contributed by atoms with van der Waals surface area (Å²) in [5.74, 6) is 1.68. The van der Waals surface area contributed by atoms with Crippen LogP contribution in [0.3, 0.4) is 0 Å². The number of hydrogen-bond donors (Lipinski definition) is 1. The SMILES string of the molecule is CCNC1CCN(CC2CCOCC2)CC1C. The quantitative estimate of drug-likeness (QED) is 0.810. The van der Waals surface area contributed by atoms with E-state index in [0.717, 1.165) is 37.6 Å². The minimum atomic E-state index is 0.742. The first-order valence-corrected chi connectivity index (χ1v) is 7.33. The molecule has 0 bridgehead atoms. The minimum absolute atomic E-state index is 0.742. The summed E-state index contributed by atoms with van der Waals surface area (Å²) in [6, 6.07) is 0.742. The van der Waals surface area contributed by atoms with Crippen LogP contribution in [0.4, 0.5) is 0 Å². The van der Waals surface area contributed by atoms with E-state index in [1.54, 1.807) is 0 Å². The van der Waals surface area contributed by atoms with Crippen LogP contribution >= 0.6 is 0 Å². The summed E-state index contributed by atoms with van der Waals surface area (Å²) in [7, 11) is 0. The molecule has 0 aromatic rings. The van der Waals surface area contributed by atoms with E-state index in [2.05, 4.69) is 24.1 Å². The van der Waals surface area contributed by atoms with Crippen LogP contribution in [-0.2, 0) is 4.74 Å². The summed E-state index contributed by atoms with van der Waals surface area (Å²) < 4.78 is 5.43. The number of rotatable bonds is 4. The third kappa shape index (κ3) is 3.94. The molecule has 0 radical (unpaired) electrons. The molecule has 0 aromatic carbocycles. The van der Waals surface area contributed by atoms with Gasteiger partial charge in [-0.3, -0.25) is 0 Å². The van der Waals surface area contributed by atoms with Gasteiger partial charge in [-0.15, -0.1) is 0 Å². The molecule has 0 aliphatic carbocycles. The Balaban J connectivity index is 1.72. The monoisotopic (exact) mass is 240 g/mol. The van der Waals surface area contributed by atoms with Gasteiger partial charge < -0.3 is 15.0 Å². The molecule has 0 amide bonds. The molecule has 2 aliphatic heterocycles. The summed E-state index contributed by atoms with van der Waals surface area (Å²) in [5, 5.41) is 3.61. The first-order chi connectivity index (χ1) is 8.29. The Morgan fingerprint density at radius 1 is 1.24 bits per heavy atom. The van der Waals surface area contributed by atoms with E-state index >= 15 is 0 Å². The van der Waals surface area contributed by atoms with Crippen molar-refractivity contribution in [1.82, 2.24) is 10.2 Å². The fourth-order valence-electron chi connectivity index (χ4n) is 3.26. The Kier molecular flexibility index (Phi) is 5.26. The van der Waals surface area contributed by atoms with Crippen molar-refractivity contribution >= 4 is 0 Å². The first-order valence-electron chi connectivity index (χ1n) is 7.33. The third-order valence-corrected chi connectivity index (χ3v) is 4.31. The zero-order valence-corrected chi connectivity index (χ0v) is 11.5. The standard InChI is InChI=1S/C14H28N2O/c1-3-15-14-4-7-16(10-12(14)2)11-13-5-8-17-9-6-13/h12-15H,3-11H2,1-2H3. The van der Waals surface area contributed by atoms with Gasteiger partial charge in [-0.2, -0.15) is 0 Å². The number of piperidine rings is 1. The van der Waals surface area contributed by atoms with Crippen LogP contribution < -0.4 is 5.32 Å². The van der Waals surface area contributed by atoms with Crippen LogP contribution in [-0.4, -0.2) is 50.3 Å². The Bertz CT molecular complexity index is 216. The van der Waals surface area contributed by atoms with Crippen molar-refractivity contribution in [2.45, 2.75) is 39.2 Å². The number of likely N-dealkylation sites (tertiary alicyclic amines) is 1. The van der Waals surface area contributed by atoms with Gasteiger partial charge in [0.1, 0.15) is 0 Å². The van der Waals surface area contributed by atoms with Crippen LogP contribution in [0.5, 0.6) is 0 Å². The Morgan fingerprint density at radius 2 is 2.00 bits per heavy atom. The zero-order chi connectivity index (χ0) is 12.1. The second-order valence-electron chi connectivity index (χ2n) is 5.75. The summed E-state index contributed by atoms with van der Waals surface area (Å²) in [4.78, 5) is 2.68. The van der Waals surface area contributed by atoms with E-state index in [1.165, 1.54) is 38.9 Å². The highest BCUT2D eigenvalue weighted by molar-refractivity contribution is 4.83. The smallest absolute Gasteiger partial charge is 0.0469 e. The molecule has 1 N–H and O–H groups in total. The number of hydrogen-bond acceptors (Lipinski definition) is 3. The van der Waals surface area contributed by atoms with E-state index in [4.69, 9.17) is 4.74 Å². The molecule has 2 aliphatic rings. The van der Waals surface area contributed by atoms with E-state index in [-0.39, 0.29) is 0 Å². The Hall–Kier alpha value is -0.120. The molecule has 0 saturated carbocycles. The lowest BCUT2D eigenvalue weighted by atomic mass is 9.92. The van der Waals surface area contributed by atoms with Gasteiger partial charge in [-0.05, 0) is 44.2 Å². The molecule has 17 heavy (non-hydrogen) atoms. The van der Waals surface area contributed by atoms with E-state index in [1.807, 2.05) is 0 Å². The van der Waals surface area contributed by atoms with Crippen molar-refractivity contribution < 1.29 is 4.74 Å². The average molecular weight is 240 g/mol. The molecule has 2 atom stereocenters. The molecular weight excluding hydrogens is 212 g/mol. The molecule has 2 saturated heterocycles. The molecule has 2 heterocycles. The van der Waals surface area contributed by atoms with Gasteiger partial charge >= 0.3 is 0 Å². The maximum atomic E-state index is 5.43. The predicted molar refractivity (Wildman–Crippen MR) is 71.2 cm³/mol. The maximum absolute atomic E-state index is 5.43. The molecule has 100 valence electrons. The van der Waals surface area contributed by atoms with Gasteiger partial charge in [0.25, 0.3) is 0 Å². The Morgan fingerprint density at radius 3 is 2.65 bits per heavy atom. The fourth-order valence-corrected chi connectivity index (χ4v) is 3.26. The number of nitrogens with one attached hydrogen (secondary N) is 1. The lowest BCUT2D eigenvalue weighted by molar-refractivity contribution is 0.0427. The zero-order valence-electron chi connectivity index (χ0n) is 11.5. The van der Waals surface area contributed by atoms with Crippen molar-refractivity contribution in [3.05, 3.63) is 0 Å². The highest BCUT2D eigenvalue weighted by Gasteiger charge is 2.27. The summed E-state index contributed by atoms with van der Waals surface area (Å²) in [5.41, 5.74) is 0. The van der Waals surface area contributed by atoms with Crippen molar-refractivity contribution in [2.75, 3.05) is 39.4 Å². The molecule has 2 unspecified atom stereocenters. The van der Waals surface area contributed by atoms with Gasteiger partial charge in [0, 0.05) is 32.3 Å². The number of ether oxygens (including phenoxy) is 1. The van der Waals surface area contributed by atoms with Crippen LogP contribution in [0.1, 0.15) is 33.1 Å². The van der Waals surface area contributed by atoms with E-state index < -0.39 is 0 Å². The van der Waals surface area contributed by atoms with Gasteiger partial charge in [0.05, 0.1) is 0 Å². The first kappa shape index (κ1) is 13.3. The topological polar surface area (TPSA) is 24.5 Å². The van der Waals surface area contributed by atoms with Crippen molar-refractivity contribution in [2.24, 2.45) is 11.8 Å². The second kappa shape index (κ2) is 6.72. The summed E-state index contributed by atoms with van der Waals surface area (Å²) in [6.07, 6.45) is 3.85. The number of nitrogens with zero attached hydrogens (tertiary/aromatic N) is 1. The lowest BCUT2D eigenvalue weighted by Crippen LogP contribution is -2.49. The van der Waals surface area contributed by atoms with Gasteiger partial charge in [0.15, 0.2) is 0 Å². The van der Waals surface area contributed by atoms with Crippen molar-refractivity contribution in [3.63, 3.8) is 0 Å². The van der Waals surface area contributed by atoms with E-state index in [9.17, 15) is 0 Å². The van der Waals surface area contributed by atoms with Crippen LogP contribution in [0.15, 0.2) is 0 Å². The minimum Gasteiger partial charge on any atom is -0.381 e. The third-order valence-electron chi connectivity index (χ3n) is 4.31. The summed E-state index contributed by atoms with van der Waals surface area (Å²) >= 11 is 0. The van der Waals surface area contributed by atoms with Crippen LogP contribution in [0.2, 0.25) is 0 Å². The predicted octanol–water partition coefficient (Wildman–Crippen LogP) is 1.73.